The van der Waals surface area contributed by atoms with Crippen LogP contribution in [0.5, 0.6) is 0 Å². The number of tetrazole rings is 1. The van der Waals surface area contributed by atoms with Gasteiger partial charge in [-0.25, -0.2) is 0 Å². The van der Waals surface area contributed by atoms with Gasteiger partial charge in [0.25, 0.3) is 0 Å². The number of aromatic nitrogens is 4. The largest absolute Gasteiger partial charge is 0.325 e. The molecule has 0 aliphatic heterocycles. The van der Waals surface area contributed by atoms with Crippen LogP contribution in [0.1, 0.15) is 16.7 Å². The lowest BCUT2D eigenvalue weighted by Crippen LogP contribution is -2.14. The minimum absolute atomic E-state index is 0.172. The van der Waals surface area contributed by atoms with Gasteiger partial charge in [-0.05, 0) is 71.8 Å². The van der Waals surface area contributed by atoms with Gasteiger partial charge in [0, 0.05) is 5.69 Å². The fraction of sp³-hybridized carbons (Fsp3) is 0.167. The van der Waals surface area contributed by atoms with Gasteiger partial charge < -0.3 is 5.32 Å². The van der Waals surface area contributed by atoms with Crippen molar-refractivity contribution < 1.29 is 4.79 Å². The number of carbonyl (C=O) groups excluding carboxylic acids is 1. The molecule has 0 fully saturated rings. The molecule has 0 saturated heterocycles. The summed E-state index contributed by atoms with van der Waals surface area (Å²) in [5, 5.41) is 23.8. The van der Waals surface area contributed by atoms with Gasteiger partial charge in [-0.1, -0.05) is 17.8 Å². The predicted octanol–water partition coefficient (Wildman–Crippen LogP) is 2.88. The third kappa shape index (κ3) is 4.07. The van der Waals surface area contributed by atoms with Gasteiger partial charge in [-0.3, -0.25) is 4.79 Å². The first kappa shape index (κ1) is 17.6. The number of thioether (sulfide) groups is 1. The SMILES string of the molecule is Cc1ccc(-n2nnnc2SCC(=O)Nc2ccc(C#N)cc2)cc1C. The first-order valence-electron chi connectivity index (χ1n) is 7.85. The molecular weight excluding hydrogens is 348 g/mol. The summed E-state index contributed by atoms with van der Waals surface area (Å²) in [6.45, 7) is 4.07. The van der Waals surface area contributed by atoms with E-state index in [0.29, 0.717) is 16.4 Å². The van der Waals surface area contributed by atoms with Gasteiger partial charge in [0.05, 0.1) is 23.1 Å². The fourth-order valence-electron chi connectivity index (χ4n) is 2.24. The van der Waals surface area contributed by atoms with E-state index in [1.807, 2.05) is 38.1 Å². The topological polar surface area (TPSA) is 96.5 Å². The number of aryl methyl sites for hydroxylation is 2. The highest BCUT2D eigenvalue weighted by atomic mass is 32.2. The molecule has 8 heteroatoms. The molecule has 0 aliphatic rings. The Morgan fingerprint density at radius 3 is 2.65 bits per heavy atom. The molecule has 1 amide bonds. The molecule has 7 nitrogen and oxygen atoms in total. The maximum absolute atomic E-state index is 12.1. The standard InChI is InChI=1S/C18H16N6OS/c1-12-3-8-16(9-13(12)2)24-18(21-22-23-24)26-11-17(25)20-15-6-4-14(10-19)5-7-15/h3-9H,11H2,1-2H3,(H,20,25). The van der Waals surface area contributed by atoms with E-state index in [-0.39, 0.29) is 11.7 Å². The van der Waals surface area contributed by atoms with E-state index in [2.05, 4.69) is 20.8 Å². The maximum atomic E-state index is 12.1. The lowest BCUT2D eigenvalue weighted by atomic mass is 10.1. The summed E-state index contributed by atoms with van der Waals surface area (Å²) in [4.78, 5) is 12.1. The van der Waals surface area contributed by atoms with Crippen LogP contribution in [0.15, 0.2) is 47.6 Å². The second-order valence-electron chi connectivity index (χ2n) is 5.67. The quantitative estimate of drug-likeness (QED) is 0.699. The number of benzene rings is 2. The Labute approximate surface area is 155 Å². The van der Waals surface area contributed by atoms with Crippen molar-refractivity contribution in [3.63, 3.8) is 0 Å². The van der Waals surface area contributed by atoms with E-state index in [1.54, 1.807) is 28.9 Å². The highest BCUT2D eigenvalue weighted by Gasteiger charge is 2.12. The lowest BCUT2D eigenvalue weighted by molar-refractivity contribution is -0.113. The van der Waals surface area contributed by atoms with Gasteiger partial charge in [0.15, 0.2) is 0 Å². The highest BCUT2D eigenvalue weighted by molar-refractivity contribution is 7.99. The van der Waals surface area contributed by atoms with Crippen LogP contribution in [-0.4, -0.2) is 31.9 Å². The molecule has 0 unspecified atom stereocenters. The van der Waals surface area contributed by atoms with Crippen LogP contribution in [0.4, 0.5) is 5.69 Å². The Balaban J connectivity index is 1.65. The number of rotatable bonds is 5. The number of carbonyl (C=O) groups is 1. The first-order valence-corrected chi connectivity index (χ1v) is 8.84. The van der Waals surface area contributed by atoms with Gasteiger partial charge in [0.1, 0.15) is 0 Å². The van der Waals surface area contributed by atoms with Crippen molar-refractivity contribution in [2.45, 2.75) is 19.0 Å². The van der Waals surface area contributed by atoms with Crippen LogP contribution in [-0.2, 0) is 4.79 Å². The Morgan fingerprint density at radius 1 is 1.19 bits per heavy atom. The molecule has 0 aliphatic carbocycles. The van der Waals surface area contributed by atoms with Crippen molar-refractivity contribution >= 4 is 23.4 Å². The zero-order valence-electron chi connectivity index (χ0n) is 14.3. The van der Waals surface area contributed by atoms with Crippen molar-refractivity contribution in [3.05, 3.63) is 59.2 Å². The zero-order valence-corrected chi connectivity index (χ0v) is 15.1. The number of nitrogens with one attached hydrogen (secondary N) is 1. The molecule has 1 heterocycles. The minimum atomic E-state index is -0.172. The summed E-state index contributed by atoms with van der Waals surface area (Å²) in [5.74, 6) is -0.0000599. The average molecular weight is 364 g/mol. The van der Waals surface area contributed by atoms with Crippen LogP contribution in [0, 0.1) is 25.2 Å². The molecule has 0 atom stereocenters. The summed E-state index contributed by atoms with van der Waals surface area (Å²) in [6, 6.07) is 14.7. The molecule has 0 saturated carbocycles. The van der Waals surface area contributed by atoms with E-state index in [9.17, 15) is 4.79 Å². The van der Waals surface area contributed by atoms with E-state index >= 15 is 0 Å². The molecule has 0 spiro atoms. The molecule has 26 heavy (non-hydrogen) atoms. The molecule has 0 radical (unpaired) electrons. The number of amides is 1. The van der Waals surface area contributed by atoms with E-state index < -0.39 is 0 Å². The second kappa shape index (κ2) is 7.80. The summed E-state index contributed by atoms with van der Waals surface area (Å²) in [6.07, 6.45) is 0. The Morgan fingerprint density at radius 2 is 1.96 bits per heavy atom. The van der Waals surface area contributed by atoms with E-state index in [0.717, 1.165) is 11.3 Å². The van der Waals surface area contributed by atoms with Gasteiger partial charge in [0.2, 0.25) is 11.1 Å². The first-order chi connectivity index (χ1) is 12.6. The van der Waals surface area contributed by atoms with Crippen LogP contribution >= 0.6 is 11.8 Å². The molecule has 3 aromatic rings. The minimum Gasteiger partial charge on any atom is -0.325 e. The van der Waals surface area contributed by atoms with Gasteiger partial charge in [-0.2, -0.15) is 9.94 Å². The molecule has 130 valence electrons. The summed E-state index contributed by atoms with van der Waals surface area (Å²) in [5.41, 5.74) is 4.38. The van der Waals surface area contributed by atoms with Crippen LogP contribution in [0.2, 0.25) is 0 Å². The second-order valence-corrected chi connectivity index (χ2v) is 6.61. The number of nitrogens with zero attached hydrogens (tertiary/aromatic N) is 5. The van der Waals surface area contributed by atoms with Crippen LogP contribution in [0.25, 0.3) is 5.69 Å². The summed E-state index contributed by atoms with van der Waals surface area (Å²) in [7, 11) is 0. The molecule has 1 aromatic heterocycles. The summed E-state index contributed by atoms with van der Waals surface area (Å²) < 4.78 is 1.62. The third-order valence-corrected chi connectivity index (χ3v) is 4.73. The molecular formula is C18H16N6OS. The smallest absolute Gasteiger partial charge is 0.234 e. The molecule has 0 bridgehead atoms. The van der Waals surface area contributed by atoms with Crippen molar-refractivity contribution in [2.75, 3.05) is 11.1 Å². The average Bonchev–Trinajstić information content (AvgIpc) is 3.11. The molecule has 1 N–H and O–H groups in total. The summed E-state index contributed by atoms with van der Waals surface area (Å²) >= 11 is 1.26. The number of nitriles is 1. The normalized spacial score (nSPS) is 10.3. The monoisotopic (exact) mass is 364 g/mol. The third-order valence-electron chi connectivity index (χ3n) is 3.81. The Hall–Kier alpha value is -3.18. The van der Waals surface area contributed by atoms with Crippen LogP contribution < -0.4 is 5.32 Å². The lowest BCUT2D eigenvalue weighted by Gasteiger charge is -2.07. The fourth-order valence-corrected chi connectivity index (χ4v) is 2.93. The number of anilines is 1. The molecule has 3 rings (SSSR count). The zero-order chi connectivity index (χ0) is 18.5. The maximum Gasteiger partial charge on any atom is 0.234 e. The van der Waals surface area contributed by atoms with Gasteiger partial charge in [-0.15, -0.1) is 5.10 Å². The van der Waals surface area contributed by atoms with Gasteiger partial charge >= 0.3 is 0 Å². The number of hydrogen-bond donors (Lipinski definition) is 1. The van der Waals surface area contributed by atoms with Crippen molar-refractivity contribution in [1.82, 2.24) is 20.2 Å². The Bertz CT molecular complexity index is 974. The van der Waals surface area contributed by atoms with Crippen LogP contribution in [0.3, 0.4) is 0 Å². The number of hydrogen-bond acceptors (Lipinski definition) is 6. The van der Waals surface area contributed by atoms with E-state index in [1.165, 1.54) is 17.3 Å². The van der Waals surface area contributed by atoms with E-state index in [4.69, 9.17) is 5.26 Å². The highest BCUT2D eigenvalue weighted by Crippen LogP contribution is 2.20. The Kier molecular flexibility index (Phi) is 5.29. The molecule has 2 aromatic carbocycles. The predicted molar refractivity (Wildman–Crippen MR) is 99.1 cm³/mol. The van der Waals surface area contributed by atoms with Crippen molar-refractivity contribution in [1.29, 1.82) is 5.26 Å². The van der Waals surface area contributed by atoms with Crippen molar-refractivity contribution in [2.24, 2.45) is 0 Å². The van der Waals surface area contributed by atoms with Crippen molar-refractivity contribution in [3.8, 4) is 11.8 Å².